The number of ether oxygens (including phenoxy) is 1. The van der Waals surface area contributed by atoms with Gasteiger partial charge in [0.1, 0.15) is 0 Å². The third kappa shape index (κ3) is 4.74. The van der Waals surface area contributed by atoms with E-state index in [2.05, 4.69) is 36.5 Å². The molecule has 1 saturated heterocycles. The molecule has 0 radical (unpaired) electrons. The van der Waals surface area contributed by atoms with Gasteiger partial charge in [-0.1, -0.05) is 24.3 Å². The highest BCUT2D eigenvalue weighted by atomic mass is 16.6. The van der Waals surface area contributed by atoms with Crippen LogP contribution in [0.2, 0.25) is 0 Å². The number of benzene rings is 1. The summed E-state index contributed by atoms with van der Waals surface area (Å²) in [4.78, 5) is 13.4. The normalized spacial score (nSPS) is 16.0. The number of piperidine rings is 1. The maximum atomic E-state index is 11.6. The molecule has 0 unspecified atom stereocenters. The van der Waals surface area contributed by atoms with Gasteiger partial charge in [-0.05, 0) is 50.8 Å². The predicted molar refractivity (Wildman–Crippen MR) is 84.5 cm³/mol. The molecule has 0 bridgehead atoms. The van der Waals surface area contributed by atoms with Crippen LogP contribution in [0.3, 0.4) is 0 Å². The average molecular weight is 290 g/mol. The Morgan fingerprint density at radius 2 is 2.05 bits per heavy atom. The number of nitrogens with one attached hydrogen (secondary N) is 1. The molecule has 4 heteroatoms. The van der Waals surface area contributed by atoms with Gasteiger partial charge in [0.25, 0.3) is 0 Å². The molecular formula is C17H26N2O2. The molecule has 0 saturated carbocycles. The van der Waals surface area contributed by atoms with E-state index in [1.165, 1.54) is 11.1 Å². The number of hydrogen-bond acceptors (Lipinski definition) is 3. The minimum atomic E-state index is -0.170. The van der Waals surface area contributed by atoms with Crippen LogP contribution in [0.1, 0.15) is 30.9 Å². The van der Waals surface area contributed by atoms with E-state index in [0.717, 1.165) is 38.9 Å². The molecule has 0 aromatic heterocycles. The molecule has 0 spiro atoms. The molecule has 1 aliphatic heterocycles. The van der Waals surface area contributed by atoms with Crippen LogP contribution in [0.15, 0.2) is 24.3 Å². The van der Waals surface area contributed by atoms with Crippen molar-refractivity contribution in [1.29, 1.82) is 0 Å². The topological polar surface area (TPSA) is 41.6 Å². The highest BCUT2D eigenvalue weighted by Gasteiger charge is 2.22. The Hall–Kier alpha value is -1.55. The van der Waals surface area contributed by atoms with E-state index in [1.807, 2.05) is 11.8 Å². The van der Waals surface area contributed by atoms with Gasteiger partial charge in [0.2, 0.25) is 0 Å². The van der Waals surface area contributed by atoms with E-state index in [-0.39, 0.29) is 6.09 Å². The number of aryl methyl sites for hydroxylation is 1. The zero-order valence-electron chi connectivity index (χ0n) is 13.1. The van der Waals surface area contributed by atoms with Crippen LogP contribution in [0.5, 0.6) is 0 Å². The lowest BCUT2D eigenvalue weighted by Gasteiger charge is -2.31. The molecule has 4 nitrogen and oxygen atoms in total. The number of hydrogen-bond donors (Lipinski definition) is 1. The van der Waals surface area contributed by atoms with Gasteiger partial charge in [-0.15, -0.1) is 0 Å². The smallest absolute Gasteiger partial charge is 0.409 e. The van der Waals surface area contributed by atoms with Crippen LogP contribution in [-0.4, -0.2) is 43.3 Å². The molecular weight excluding hydrogens is 264 g/mol. The fourth-order valence-corrected chi connectivity index (χ4v) is 2.78. The summed E-state index contributed by atoms with van der Waals surface area (Å²) in [5, 5.41) is 3.61. The molecule has 21 heavy (non-hydrogen) atoms. The molecule has 1 aromatic rings. The molecule has 0 aliphatic carbocycles. The van der Waals surface area contributed by atoms with Crippen molar-refractivity contribution >= 4 is 6.09 Å². The van der Waals surface area contributed by atoms with Crippen molar-refractivity contribution in [3.05, 3.63) is 35.4 Å². The van der Waals surface area contributed by atoms with Crippen LogP contribution in [-0.2, 0) is 11.2 Å². The number of carbonyl (C=O) groups is 1. The summed E-state index contributed by atoms with van der Waals surface area (Å²) in [5.41, 5.74) is 2.77. The Balaban J connectivity index is 1.67. The minimum absolute atomic E-state index is 0.170. The zero-order valence-corrected chi connectivity index (χ0v) is 13.1. The number of carbonyl (C=O) groups excluding carboxylic acids is 1. The Morgan fingerprint density at radius 3 is 2.71 bits per heavy atom. The summed E-state index contributed by atoms with van der Waals surface area (Å²) in [5.74, 6) is 0. The summed E-state index contributed by atoms with van der Waals surface area (Å²) in [6, 6.07) is 9.05. The van der Waals surface area contributed by atoms with Crippen molar-refractivity contribution in [2.75, 3.05) is 26.2 Å². The van der Waals surface area contributed by atoms with Gasteiger partial charge in [-0.3, -0.25) is 0 Å². The van der Waals surface area contributed by atoms with Gasteiger partial charge in [0.05, 0.1) is 6.61 Å². The van der Waals surface area contributed by atoms with Crippen molar-refractivity contribution in [2.45, 2.75) is 39.2 Å². The molecule has 116 valence electrons. The maximum absolute atomic E-state index is 11.6. The lowest BCUT2D eigenvalue weighted by atomic mass is 10.0. The molecule has 1 aromatic carbocycles. The SMILES string of the molecule is CCOC(=O)N1CCC(NCCc2ccccc2C)CC1. The maximum Gasteiger partial charge on any atom is 0.409 e. The molecule has 2 rings (SSSR count). The second-order valence-electron chi connectivity index (χ2n) is 5.59. The summed E-state index contributed by atoms with van der Waals surface area (Å²) in [6.45, 7) is 7.04. The summed E-state index contributed by atoms with van der Waals surface area (Å²) in [6.07, 6.45) is 2.90. The van der Waals surface area contributed by atoms with E-state index >= 15 is 0 Å². The van der Waals surface area contributed by atoms with Crippen LogP contribution < -0.4 is 5.32 Å². The van der Waals surface area contributed by atoms with Gasteiger partial charge in [0.15, 0.2) is 0 Å². The van der Waals surface area contributed by atoms with Gasteiger partial charge in [-0.2, -0.15) is 0 Å². The van der Waals surface area contributed by atoms with Crippen molar-refractivity contribution in [3.8, 4) is 0 Å². The van der Waals surface area contributed by atoms with Crippen molar-refractivity contribution in [2.24, 2.45) is 0 Å². The third-order valence-corrected chi connectivity index (χ3v) is 4.11. The number of rotatable bonds is 5. The highest BCUT2D eigenvalue weighted by molar-refractivity contribution is 5.67. The third-order valence-electron chi connectivity index (χ3n) is 4.11. The fraction of sp³-hybridized carbons (Fsp3) is 0.588. The Kier molecular flexibility index (Phi) is 6.05. The van der Waals surface area contributed by atoms with E-state index in [4.69, 9.17) is 4.74 Å². The fourth-order valence-electron chi connectivity index (χ4n) is 2.78. The first kappa shape index (κ1) is 15.8. The first-order valence-electron chi connectivity index (χ1n) is 7.90. The van der Waals surface area contributed by atoms with Crippen LogP contribution in [0, 0.1) is 6.92 Å². The number of nitrogens with zero attached hydrogens (tertiary/aromatic N) is 1. The lowest BCUT2D eigenvalue weighted by molar-refractivity contribution is 0.0952. The molecule has 1 amide bonds. The summed E-state index contributed by atoms with van der Waals surface area (Å²) < 4.78 is 5.04. The number of amides is 1. The average Bonchev–Trinajstić information content (AvgIpc) is 2.50. The van der Waals surface area contributed by atoms with Gasteiger partial charge in [0, 0.05) is 19.1 Å². The second-order valence-corrected chi connectivity index (χ2v) is 5.59. The van der Waals surface area contributed by atoms with Crippen LogP contribution in [0.25, 0.3) is 0 Å². The quantitative estimate of drug-likeness (QED) is 0.906. The van der Waals surface area contributed by atoms with E-state index in [9.17, 15) is 4.79 Å². The minimum Gasteiger partial charge on any atom is -0.450 e. The summed E-state index contributed by atoms with van der Waals surface area (Å²) in [7, 11) is 0. The van der Waals surface area contributed by atoms with E-state index in [1.54, 1.807) is 0 Å². The van der Waals surface area contributed by atoms with Crippen LogP contribution >= 0.6 is 0 Å². The largest absolute Gasteiger partial charge is 0.450 e. The Bertz CT molecular complexity index is 454. The molecule has 1 fully saturated rings. The monoisotopic (exact) mass is 290 g/mol. The van der Waals surface area contributed by atoms with Crippen molar-refractivity contribution in [3.63, 3.8) is 0 Å². The lowest BCUT2D eigenvalue weighted by Crippen LogP contribution is -2.45. The Morgan fingerprint density at radius 1 is 1.33 bits per heavy atom. The molecule has 1 heterocycles. The van der Waals surface area contributed by atoms with Crippen molar-refractivity contribution < 1.29 is 9.53 Å². The summed E-state index contributed by atoms with van der Waals surface area (Å²) >= 11 is 0. The van der Waals surface area contributed by atoms with Crippen molar-refractivity contribution in [1.82, 2.24) is 10.2 Å². The van der Waals surface area contributed by atoms with Crippen LogP contribution in [0.4, 0.5) is 4.79 Å². The zero-order chi connectivity index (χ0) is 15.1. The molecule has 0 atom stereocenters. The van der Waals surface area contributed by atoms with E-state index < -0.39 is 0 Å². The standard InChI is InChI=1S/C17H26N2O2/c1-3-21-17(20)19-12-9-16(10-13-19)18-11-8-15-7-5-4-6-14(15)2/h4-7,16,18H,3,8-13H2,1-2H3. The van der Waals surface area contributed by atoms with Gasteiger partial charge in [-0.25, -0.2) is 4.79 Å². The second kappa shape index (κ2) is 8.03. The number of likely N-dealkylation sites (tertiary alicyclic amines) is 1. The predicted octanol–water partition coefficient (Wildman–Crippen LogP) is 2.75. The van der Waals surface area contributed by atoms with E-state index in [0.29, 0.717) is 12.6 Å². The van der Waals surface area contributed by atoms with Gasteiger partial charge >= 0.3 is 6.09 Å². The Labute approximate surface area is 127 Å². The first-order valence-corrected chi connectivity index (χ1v) is 7.90. The molecule has 1 N–H and O–H groups in total. The first-order chi connectivity index (χ1) is 10.2. The highest BCUT2D eigenvalue weighted by Crippen LogP contribution is 2.12. The van der Waals surface area contributed by atoms with Gasteiger partial charge < -0.3 is 15.0 Å². The molecule has 1 aliphatic rings.